The Kier molecular flexibility index (Phi) is 6.97. The van der Waals surface area contributed by atoms with E-state index in [4.69, 9.17) is 0 Å². The number of amides is 1. The van der Waals surface area contributed by atoms with E-state index in [1.807, 2.05) is 0 Å². The molecule has 4 rings (SSSR count). The van der Waals surface area contributed by atoms with Gasteiger partial charge in [-0.25, -0.2) is 22.8 Å². The number of halogens is 3. The molecule has 0 saturated heterocycles. The fourth-order valence-corrected chi connectivity index (χ4v) is 4.78. The highest BCUT2D eigenvalue weighted by atomic mass is 32.2. The van der Waals surface area contributed by atoms with E-state index >= 15 is 0 Å². The quantitative estimate of drug-likeness (QED) is 0.412. The first-order valence-electron chi connectivity index (χ1n) is 10.8. The first-order chi connectivity index (χ1) is 17.1. The maximum Gasteiger partial charge on any atom is 0.316 e. The van der Waals surface area contributed by atoms with Gasteiger partial charge in [-0.1, -0.05) is 18.2 Å². The Balaban J connectivity index is 1.68. The first-order valence-corrected chi connectivity index (χ1v) is 12.6. The van der Waals surface area contributed by atoms with Gasteiger partial charge in [0.05, 0.1) is 36.8 Å². The minimum Gasteiger partial charge on any atom is -0.324 e. The fraction of sp³-hybridized carbons (Fsp3) is 0.273. The second kappa shape index (κ2) is 9.97. The third-order valence-electron chi connectivity index (χ3n) is 5.38. The summed E-state index contributed by atoms with van der Waals surface area (Å²) in [6.45, 7) is -2.18. The molecule has 0 atom stereocenters. The normalized spacial score (nSPS) is 12.9. The van der Waals surface area contributed by atoms with E-state index in [9.17, 15) is 26.4 Å². The fourth-order valence-electron chi connectivity index (χ4n) is 3.84. The molecule has 1 aliphatic rings. The molecular weight excluding hydrogens is 499 g/mol. The summed E-state index contributed by atoms with van der Waals surface area (Å²) in [6, 6.07) is 7.98. The minimum atomic E-state index is -3.74. The van der Waals surface area contributed by atoms with Crippen molar-refractivity contribution in [3.05, 3.63) is 59.7 Å². The van der Waals surface area contributed by atoms with E-state index in [2.05, 4.69) is 25.6 Å². The molecule has 0 radical (unpaired) electrons. The van der Waals surface area contributed by atoms with Crippen LogP contribution in [-0.4, -0.2) is 48.6 Å². The number of nitrogens with zero attached hydrogens (tertiary/aromatic N) is 5. The lowest BCUT2D eigenvalue weighted by atomic mass is 10.1. The average Bonchev–Trinajstić information content (AvgIpc) is 3.20. The summed E-state index contributed by atoms with van der Waals surface area (Å²) in [6.07, 6.45) is 3.25. The van der Waals surface area contributed by atoms with Gasteiger partial charge in [0.25, 0.3) is 0 Å². The Labute approximate surface area is 205 Å². The van der Waals surface area contributed by atoms with Crippen molar-refractivity contribution in [1.82, 2.24) is 15.0 Å². The number of carbonyl (C=O) groups excluding carboxylic acids is 1. The standard InChI is InChI=1S/C22H22F3N7O3S/c1-3-32(36(2,34)35)19-14(7-5-9-26-19)12-31(21(24)25)20-15(23)11-27-22(30-20)28-16-8-4-6-13-10-17(33)29-18(13)16/h4-9,11,21H,3,10,12H2,1-2H3,(H,29,33)(H,27,28,30). The van der Waals surface area contributed by atoms with Gasteiger partial charge in [0, 0.05) is 18.3 Å². The lowest BCUT2D eigenvalue weighted by molar-refractivity contribution is -0.115. The summed E-state index contributed by atoms with van der Waals surface area (Å²) >= 11 is 0. The smallest absolute Gasteiger partial charge is 0.316 e. The van der Waals surface area contributed by atoms with Gasteiger partial charge in [-0.05, 0) is 24.6 Å². The topological polar surface area (TPSA) is 120 Å². The van der Waals surface area contributed by atoms with Gasteiger partial charge in [-0.15, -0.1) is 0 Å². The molecule has 190 valence electrons. The van der Waals surface area contributed by atoms with E-state index in [1.165, 1.54) is 18.3 Å². The molecular formula is C22H22F3N7O3S. The number of rotatable bonds is 9. The Hall–Kier alpha value is -3.94. The molecule has 1 amide bonds. The molecule has 10 nitrogen and oxygen atoms in total. The van der Waals surface area contributed by atoms with E-state index in [0.717, 1.165) is 22.3 Å². The largest absolute Gasteiger partial charge is 0.324 e. The van der Waals surface area contributed by atoms with E-state index in [-0.39, 0.29) is 36.2 Å². The molecule has 0 saturated carbocycles. The summed E-state index contributed by atoms with van der Waals surface area (Å²) in [5.41, 5.74) is 1.78. The van der Waals surface area contributed by atoms with E-state index < -0.39 is 34.8 Å². The Morgan fingerprint density at radius 3 is 2.64 bits per heavy atom. The monoisotopic (exact) mass is 521 g/mol. The van der Waals surface area contributed by atoms with Crippen LogP contribution >= 0.6 is 0 Å². The van der Waals surface area contributed by atoms with Crippen LogP contribution in [0.2, 0.25) is 0 Å². The van der Waals surface area contributed by atoms with Crippen LogP contribution < -0.4 is 19.8 Å². The number of anilines is 5. The lowest BCUT2D eigenvalue weighted by Crippen LogP contribution is -2.34. The molecule has 0 spiro atoms. The molecule has 0 fully saturated rings. The third kappa shape index (κ3) is 5.17. The maximum atomic E-state index is 14.7. The van der Waals surface area contributed by atoms with Crippen molar-refractivity contribution in [2.24, 2.45) is 0 Å². The predicted octanol–water partition coefficient (Wildman–Crippen LogP) is 3.26. The lowest BCUT2D eigenvalue weighted by Gasteiger charge is -2.27. The number of benzene rings is 1. The number of alkyl halides is 2. The molecule has 0 aliphatic carbocycles. The molecule has 2 N–H and O–H groups in total. The van der Waals surface area contributed by atoms with Gasteiger partial charge < -0.3 is 10.6 Å². The number of hydrogen-bond acceptors (Lipinski definition) is 8. The van der Waals surface area contributed by atoms with Crippen LogP contribution in [0, 0.1) is 5.82 Å². The van der Waals surface area contributed by atoms with Crippen LogP contribution in [0.25, 0.3) is 0 Å². The van der Waals surface area contributed by atoms with Gasteiger partial charge in [0.1, 0.15) is 5.82 Å². The van der Waals surface area contributed by atoms with Crippen molar-refractivity contribution in [2.45, 2.75) is 26.4 Å². The van der Waals surface area contributed by atoms with Gasteiger partial charge in [0.15, 0.2) is 11.6 Å². The zero-order valence-corrected chi connectivity index (χ0v) is 20.1. The van der Waals surface area contributed by atoms with E-state index in [0.29, 0.717) is 16.3 Å². The minimum absolute atomic E-state index is 0.0192. The zero-order valence-electron chi connectivity index (χ0n) is 19.2. The number of sulfonamides is 1. The van der Waals surface area contributed by atoms with Crippen LogP contribution in [-0.2, 0) is 27.8 Å². The zero-order chi connectivity index (χ0) is 26.0. The molecule has 1 aromatic carbocycles. The number of nitrogens with one attached hydrogen (secondary N) is 2. The van der Waals surface area contributed by atoms with Crippen molar-refractivity contribution in [1.29, 1.82) is 0 Å². The number of hydrogen-bond donors (Lipinski definition) is 2. The first kappa shape index (κ1) is 25.2. The summed E-state index contributed by atoms with van der Waals surface area (Å²) < 4.78 is 68.4. The van der Waals surface area contributed by atoms with Crippen LogP contribution in [0.4, 0.5) is 42.1 Å². The maximum absolute atomic E-state index is 14.7. The summed E-state index contributed by atoms with van der Waals surface area (Å²) in [5, 5.41) is 5.53. The second-order valence-electron chi connectivity index (χ2n) is 7.87. The number of pyridine rings is 1. The van der Waals surface area contributed by atoms with Crippen LogP contribution in [0.15, 0.2) is 42.7 Å². The second-order valence-corrected chi connectivity index (χ2v) is 9.78. The molecule has 1 aliphatic heterocycles. The highest BCUT2D eigenvalue weighted by Crippen LogP contribution is 2.33. The van der Waals surface area contributed by atoms with Crippen LogP contribution in [0.3, 0.4) is 0 Å². The molecule has 3 aromatic rings. The number of carbonyl (C=O) groups is 1. The van der Waals surface area contributed by atoms with Gasteiger partial charge in [0.2, 0.25) is 21.9 Å². The summed E-state index contributed by atoms with van der Waals surface area (Å²) in [4.78, 5) is 24.0. The molecule has 3 heterocycles. The van der Waals surface area contributed by atoms with E-state index in [1.54, 1.807) is 25.1 Å². The van der Waals surface area contributed by atoms with Gasteiger partial charge in [-0.2, -0.15) is 13.8 Å². The highest BCUT2D eigenvalue weighted by molar-refractivity contribution is 7.92. The Morgan fingerprint density at radius 1 is 1.17 bits per heavy atom. The van der Waals surface area contributed by atoms with Gasteiger partial charge in [-0.3, -0.25) is 14.0 Å². The van der Waals surface area contributed by atoms with Crippen molar-refractivity contribution < 1.29 is 26.4 Å². The molecule has 36 heavy (non-hydrogen) atoms. The van der Waals surface area contributed by atoms with Crippen molar-refractivity contribution >= 4 is 44.9 Å². The average molecular weight is 522 g/mol. The number of para-hydroxylation sites is 1. The molecule has 14 heteroatoms. The van der Waals surface area contributed by atoms with Crippen molar-refractivity contribution in [2.75, 3.05) is 32.6 Å². The molecule has 2 aromatic heterocycles. The number of fused-ring (bicyclic) bond motifs is 1. The summed E-state index contributed by atoms with van der Waals surface area (Å²) in [5.74, 6) is -2.23. The third-order valence-corrected chi connectivity index (χ3v) is 6.61. The Morgan fingerprint density at radius 2 is 1.94 bits per heavy atom. The highest BCUT2D eigenvalue weighted by Gasteiger charge is 2.27. The van der Waals surface area contributed by atoms with Gasteiger partial charge >= 0.3 is 6.55 Å². The predicted molar refractivity (Wildman–Crippen MR) is 128 cm³/mol. The number of aromatic nitrogens is 3. The van der Waals surface area contributed by atoms with Crippen LogP contribution in [0.1, 0.15) is 18.1 Å². The molecule has 0 unspecified atom stereocenters. The SMILES string of the molecule is CCN(c1ncccc1CN(c1nc(Nc2cccc3c2NC(=O)C3)ncc1F)C(F)F)S(C)(=O)=O. The van der Waals surface area contributed by atoms with Crippen molar-refractivity contribution in [3.63, 3.8) is 0 Å². The van der Waals surface area contributed by atoms with Crippen molar-refractivity contribution in [3.8, 4) is 0 Å². The summed E-state index contributed by atoms with van der Waals surface area (Å²) in [7, 11) is -3.74. The molecule has 0 bridgehead atoms. The van der Waals surface area contributed by atoms with Crippen LogP contribution in [0.5, 0.6) is 0 Å². The Bertz CT molecular complexity index is 1410.